The molecule has 3 aromatic heterocycles. The molecule has 1 atom stereocenters. The van der Waals surface area contributed by atoms with Gasteiger partial charge in [0.05, 0.1) is 49.0 Å². The summed E-state index contributed by atoms with van der Waals surface area (Å²) < 4.78 is 49.4. The van der Waals surface area contributed by atoms with Gasteiger partial charge in [-0.05, 0) is 58.4 Å². The highest BCUT2D eigenvalue weighted by atomic mass is 19.4. The Balaban J connectivity index is 1.59. The number of halogens is 3. The molecule has 3 heterocycles. The number of aliphatic hydroxyl groups is 2. The van der Waals surface area contributed by atoms with Crippen molar-refractivity contribution in [3.05, 3.63) is 53.5 Å². The third-order valence-corrected chi connectivity index (χ3v) is 6.83. The van der Waals surface area contributed by atoms with Gasteiger partial charge in [0.2, 0.25) is 0 Å². The molecule has 3 aromatic rings. The van der Waals surface area contributed by atoms with Gasteiger partial charge in [0.15, 0.2) is 11.4 Å². The van der Waals surface area contributed by atoms with Gasteiger partial charge in [-0.3, -0.25) is 9.36 Å². The largest absolute Gasteiger partial charge is 0.488 e. The van der Waals surface area contributed by atoms with Gasteiger partial charge in [-0.1, -0.05) is 0 Å². The van der Waals surface area contributed by atoms with Gasteiger partial charge in [0.25, 0.3) is 0 Å². The van der Waals surface area contributed by atoms with Crippen LogP contribution in [0.2, 0.25) is 0 Å². The molecule has 1 fully saturated rings. The van der Waals surface area contributed by atoms with Crippen molar-refractivity contribution in [2.24, 2.45) is 4.99 Å². The summed E-state index contributed by atoms with van der Waals surface area (Å²) in [6.45, 7) is 7.99. The van der Waals surface area contributed by atoms with Crippen LogP contribution in [-0.4, -0.2) is 66.8 Å². The molecule has 40 heavy (non-hydrogen) atoms. The summed E-state index contributed by atoms with van der Waals surface area (Å²) in [6, 6.07) is 2.72. The first-order chi connectivity index (χ1) is 19.1. The van der Waals surface area contributed by atoms with E-state index in [4.69, 9.17) is 14.9 Å². The Morgan fingerprint density at radius 2 is 2.08 bits per heavy atom. The topological polar surface area (TPSA) is 123 Å². The number of alkyl halides is 3. The lowest BCUT2D eigenvalue weighted by Crippen LogP contribution is -2.27. The Morgan fingerprint density at radius 3 is 2.73 bits per heavy atom. The molecule has 0 spiro atoms. The third-order valence-electron chi connectivity index (χ3n) is 6.83. The number of aliphatic hydroxyl groups excluding tert-OH is 2. The van der Waals surface area contributed by atoms with E-state index >= 15 is 0 Å². The second-order valence-electron chi connectivity index (χ2n) is 9.71. The van der Waals surface area contributed by atoms with Crippen LogP contribution in [0.1, 0.15) is 55.6 Å². The van der Waals surface area contributed by atoms with Gasteiger partial charge in [-0.2, -0.15) is 23.4 Å². The normalized spacial score (nSPS) is 18.9. The maximum Gasteiger partial charge on any atom is 0.437 e. The van der Waals surface area contributed by atoms with Crippen molar-refractivity contribution in [1.29, 1.82) is 0 Å². The molecule has 1 saturated carbocycles. The molecule has 0 aromatic carbocycles. The highest BCUT2D eigenvalue weighted by Crippen LogP contribution is 2.38. The smallest absolute Gasteiger partial charge is 0.437 e. The van der Waals surface area contributed by atoms with Crippen molar-refractivity contribution in [2.45, 2.75) is 70.5 Å². The lowest BCUT2D eigenvalue weighted by Gasteiger charge is -2.30. The monoisotopic (exact) mass is 561 g/mol. The molecule has 0 amide bonds. The van der Waals surface area contributed by atoms with Crippen LogP contribution < -0.4 is 10.1 Å². The van der Waals surface area contributed by atoms with Gasteiger partial charge < -0.3 is 20.3 Å². The Labute approximate surface area is 230 Å². The van der Waals surface area contributed by atoms with Crippen molar-refractivity contribution < 1.29 is 28.1 Å². The van der Waals surface area contributed by atoms with Crippen LogP contribution in [0.15, 0.2) is 41.5 Å². The molecular formula is C27H34F3N7O3. The van der Waals surface area contributed by atoms with E-state index in [1.54, 1.807) is 17.1 Å². The summed E-state index contributed by atoms with van der Waals surface area (Å²) in [7, 11) is 0. The molecule has 0 unspecified atom stereocenters. The Bertz CT molecular complexity index is 1330. The highest BCUT2D eigenvalue weighted by Gasteiger charge is 2.37. The van der Waals surface area contributed by atoms with E-state index in [0.717, 1.165) is 23.0 Å². The first-order valence-electron chi connectivity index (χ1n) is 13.2. The quantitative estimate of drug-likeness (QED) is 0.303. The lowest BCUT2D eigenvalue weighted by atomic mass is 9.92. The van der Waals surface area contributed by atoms with Gasteiger partial charge in [0.1, 0.15) is 5.82 Å². The second-order valence-corrected chi connectivity index (χ2v) is 9.71. The highest BCUT2D eigenvalue weighted by molar-refractivity contribution is 5.68. The maximum absolute atomic E-state index is 13.4. The first kappa shape index (κ1) is 29.3. The fraction of sp³-hybridized carbons (Fsp3) is 0.481. The Kier molecular flexibility index (Phi) is 9.25. The first-order valence-corrected chi connectivity index (χ1v) is 13.2. The SMILES string of the molecule is C=N/C(=C\c1c(C)c(-c2cnn(C[C@@H](O)CO)c2)nn1C1CCC(Oc2cccnc2C(F)(F)F)CC1)NCC. The number of aliphatic imine (C=N–C) groups is 1. The van der Waals surface area contributed by atoms with Crippen LogP contribution in [0.4, 0.5) is 13.2 Å². The Hall–Kier alpha value is -3.71. The van der Waals surface area contributed by atoms with E-state index in [2.05, 4.69) is 27.1 Å². The van der Waals surface area contributed by atoms with Crippen LogP contribution in [0, 0.1) is 6.92 Å². The van der Waals surface area contributed by atoms with Crippen LogP contribution in [-0.2, 0) is 12.7 Å². The maximum atomic E-state index is 13.4. The summed E-state index contributed by atoms with van der Waals surface area (Å²) in [5, 5.41) is 31.3. The number of aromatic nitrogens is 5. The van der Waals surface area contributed by atoms with E-state index in [-0.39, 0.29) is 31.0 Å². The average molecular weight is 562 g/mol. The molecule has 3 N–H and O–H groups in total. The van der Waals surface area contributed by atoms with Crippen LogP contribution in [0.3, 0.4) is 0 Å². The zero-order valence-electron chi connectivity index (χ0n) is 22.5. The van der Waals surface area contributed by atoms with E-state index in [1.165, 1.54) is 12.1 Å². The molecule has 1 aliphatic rings. The number of hydrogen-bond acceptors (Lipinski definition) is 8. The summed E-state index contributed by atoms with van der Waals surface area (Å²) in [6.07, 6.45) is 2.91. The molecule has 1 aliphatic carbocycles. The standard InChI is InChI=1S/C27H34F3N7O3/c1-4-32-24(31-3)12-22-17(2)25(18-13-34-36(14-18)15-20(39)16-38)35-37(22)19-7-9-21(10-8-19)40-23-6-5-11-33-26(23)27(28,29)30/h5-6,11-14,19-21,32,38-39H,3-4,7-10,15-16H2,1-2H3/b24-12+/t19?,20-,21?/m1/s1. The van der Waals surface area contributed by atoms with Crippen molar-refractivity contribution in [2.75, 3.05) is 13.2 Å². The Morgan fingerprint density at radius 1 is 1.32 bits per heavy atom. The zero-order chi connectivity index (χ0) is 28.9. The van der Waals surface area contributed by atoms with E-state index in [9.17, 15) is 18.3 Å². The minimum atomic E-state index is -4.59. The van der Waals surface area contributed by atoms with Crippen molar-refractivity contribution >= 4 is 12.8 Å². The number of rotatable bonds is 11. The molecule has 4 rings (SSSR count). The van der Waals surface area contributed by atoms with Crippen LogP contribution in [0.5, 0.6) is 5.75 Å². The second kappa shape index (κ2) is 12.6. The molecule has 10 nitrogen and oxygen atoms in total. The van der Waals surface area contributed by atoms with E-state index < -0.39 is 18.0 Å². The number of pyridine rings is 1. The summed E-state index contributed by atoms with van der Waals surface area (Å²) in [4.78, 5) is 7.57. The van der Waals surface area contributed by atoms with Gasteiger partial charge in [-0.25, -0.2) is 9.98 Å². The molecule has 216 valence electrons. The molecular weight excluding hydrogens is 527 g/mol. The molecule has 0 aliphatic heterocycles. The van der Waals surface area contributed by atoms with Gasteiger partial charge in [0, 0.05) is 36.1 Å². The van der Waals surface area contributed by atoms with Gasteiger partial charge >= 0.3 is 6.18 Å². The summed E-state index contributed by atoms with van der Waals surface area (Å²) in [5.74, 6) is 0.336. The molecule has 0 bridgehead atoms. The number of nitrogens with one attached hydrogen (secondary N) is 1. The van der Waals surface area contributed by atoms with E-state index in [1.807, 2.05) is 24.6 Å². The number of ether oxygens (including phenoxy) is 1. The summed E-state index contributed by atoms with van der Waals surface area (Å²) >= 11 is 0. The zero-order valence-corrected chi connectivity index (χ0v) is 22.5. The minimum absolute atomic E-state index is 0.0199. The minimum Gasteiger partial charge on any atom is -0.488 e. The van der Waals surface area contributed by atoms with Crippen molar-refractivity contribution in [3.8, 4) is 17.0 Å². The van der Waals surface area contributed by atoms with Crippen LogP contribution in [0.25, 0.3) is 17.3 Å². The fourth-order valence-electron chi connectivity index (χ4n) is 4.87. The molecule has 0 radical (unpaired) electrons. The number of nitrogens with zero attached hydrogens (tertiary/aromatic N) is 6. The van der Waals surface area contributed by atoms with Crippen molar-refractivity contribution in [3.63, 3.8) is 0 Å². The fourth-order valence-corrected chi connectivity index (χ4v) is 4.87. The summed E-state index contributed by atoms with van der Waals surface area (Å²) in [5.41, 5.74) is 2.17. The van der Waals surface area contributed by atoms with Crippen molar-refractivity contribution in [1.82, 2.24) is 29.9 Å². The lowest BCUT2D eigenvalue weighted by molar-refractivity contribution is -0.143. The van der Waals surface area contributed by atoms with Gasteiger partial charge in [-0.15, -0.1) is 0 Å². The number of hydrogen-bond donors (Lipinski definition) is 3. The predicted molar refractivity (Wildman–Crippen MR) is 144 cm³/mol. The molecule has 13 heteroatoms. The predicted octanol–water partition coefficient (Wildman–Crippen LogP) is 3.99. The van der Waals surface area contributed by atoms with E-state index in [0.29, 0.717) is 43.7 Å². The average Bonchev–Trinajstić information content (AvgIpc) is 3.52. The third kappa shape index (κ3) is 6.70. The van der Waals surface area contributed by atoms with Crippen LogP contribution >= 0.6 is 0 Å². The molecule has 0 saturated heterocycles.